The molecule has 5 nitrogen and oxygen atoms in total. The van der Waals surface area contributed by atoms with Gasteiger partial charge in [0.25, 0.3) is 5.91 Å². The summed E-state index contributed by atoms with van der Waals surface area (Å²) in [5, 5.41) is 6.88. The second-order valence-electron chi connectivity index (χ2n) is 5.69. The molecule has 1 amide bonds. The van der Waals surface area contributed by atoms with E-state index in [1.54, 1.807) is 18.6 Å². The fraction of sp³-hybridized carbons (Fsp3) is 0.0500. The zero-order valence-electron chi connectivity index (χ0n) is 13.4. The number of aliphatic imine (C=N–C) groups is 1. The third kappa shape index (κ3) is 3.12. The lowest BCUT2D eigenvalue weighted by atomic mass is 10.1. The number of aromatic nitrogens is 1. The standard InChI is InChI=1S/C20H16N4O/c25-20(18-13-21-11-12-22-18)24-17-8-4-7-15-9-10-16(23-19(15)17)14-5-2-1-3-6-14/h1-13,18,22H,(H,24,25). The van der Waals surface area contributed by atoms with Crippen molar-refractivity contribution in [3.8, 4) is 11.3 Å². The minimum absolute atomic E-state index is 0.174. The Morgan fingerprint density at radius 3 is 2.68 bits per heavy atom. The molecule has 1 aromatic heterocycles. The van der Waals surface area contributed by atoms with Gasteiger partial charge in [0.15, 0.2) is 0 Å². The molecule has 1 unspecified atom stereocenters. The number of benzene rings is 2. The van der Waals surface area contributed by atoms with Crippen LogP contribution in [0.15, 0.2) is 78.1 Å². The third-order valence-corrected chi connectivity index (χ3v) is 4.00. The van der Waals surface area contributed by atoms with E-state index in [4.69, 9.17) is 4.98 Å². The van der Waals surface area contributed by atoms with Gasteiger partial charge >= 0.3 is 0 Å². The van der Waals surface area contributed by atoms with E-state index in [0.717, 1.165) is 22.2 Å². The Morgan fingerprint density at radius 1 is 1.00 bits per heavy atom. The lowest BCUT2D eigenvalue weighted by molar-refractivity contribution is -0.116. The molecule has 0 radical (unpaired) electrons. The number of rotatable bonds is 3. The van der Waals surface area contributed by atoms with Gasteiger partial charge in [-0.3, -0.25) is 9.79 Å². The van der Waals surface area contributed by atoms with Gasteiger partial charge in [0, 0.05) is 29.6 Å². The number of hydrogen-bond acceptors (Lipinski definition) is 4. The highest BCUT2D eigenvalue weighted by Gasteiger charge is 2.17. The first-order valence-electron chi connectivity index (χ1n) is 8.02. The van der Waals surface area contributed by atoms with Crippen molar-refractivity contribution in [3.63, 3.8) is 0 Å². The van der Waals surface area contributed by atoms with Gasteiger partial charge in [-0.15, -0.1) is 0 Å². The zero-order valence-corrected chi connectivity index (χ0v) is 13.4. The lowest BCUT2D eigenvalue weighted by Gasteiger charge is -2.15. The maximum atomic E-state index is 12.4. The van der Waals surface area contributed by atoms with E-state index in [2.05, 4.69) is 15.6 Å². The Hall–Kier alpha value is -3.47. The molecule has 1 atom stereocenters. The molecule has 0 saturated carbocycles. The van der Waals surface area contributed by atoms with E-state index >= 15 is 0 Å². The predicted molar refractivity (Wildman–Crippen MR) is 100 cm³/mol. The molecule has 1 aliphatic rings. The smallest absolute Gasteiger partial charge is 0.252 e. The number of carbonyl (C=O) groups is 1. The molecule has 2 aromatic carbocycles. The van der Waals surface area contributed by atoms with Crippen molar-refractivity contribution in [1.82, 2.24) is 10.3 Å². The predicted octanol–water partition coefficient (Wildman–Crippen LogP) is 3.35. The van der Waals surface area contributed by atoms with Crippen molar-refractivity contribution in [2.45, 2.75) is 6.04 Å². The summed E-state index contributed by atoms with van der Waals surface area (Å²) in [5.41, 5.74) is 3.36. The Kier molecular flexibility index (Phi) is 3.96. The average molecular weight is 328 g/mol. The van der Waals surface area contributed by atoms with Gasteiger partial charge in [-0.05, 0) is 12.1 Å². The van der Waals surface area contributed by atoms with Crippen LogP contribution in [0.5, 0.6) is 0 Å². The van der Waals surface area contributed by atoms with Crippen LogP contribution in [0, 0.1) is 0 Å². The van der Waals surface area contributed by atoms with E-state index in [1.807, 2.05) is 60.7 Å². The number of pyridine rings is 1. The van der Waals surface area contributed by atoms with E-state index < -0.39 is 6.04 Å². The van der Waals surface area contributed by atoms with Crippen LogP contribution in [-0.2, 0) is 4.79 Å². The number of anilines is 1. The Bertz CT molecular complexity index is 979. The van der Waals surface area contributed by atoms with Crippen LogP contribution in [0.3, 0.4) is 0 Å². The minimum Gasteiger partial charge on any atom is -0.374 e. The Balaban J connectivity index is 1.70. The molecule has 3 aromatic rings. The molecule has 4 rings (SSSR count). The van der Waals surface area contributed by atoms with Crippen LogP contribution >= 0.6 is 0 Å². The first kappa shape index (κ1) is 15.1. The lowest BCUT2D eigenvalue weighted by Crippen LogP contribution is -2.40. The maximum absolute atomic E-state index is 12.4. The SMILES string of the molecule is O=C(Nc1cccc2ccc(-c3ccccc3)nc12)C1C=NC=CN1. The van der Waals surface area contributed by atoms with Crippen LogP contribution in [-0.4, -0.2) is 23.1 Å². The van der Waals surface area contributed by atoms with Crippen molar-refractivity contribution in [1.29, 1.82) is 0 Å². The summed E-state index contributed by atoms with van der Waals surface area (Å²) in [6, 6.07) is 19.2. The number of nitrogens with one attached hydrogen (secondary N) is 2. The van der Waals surface area contributed by atoms with Crippen LogP contribution in [0.4, 0.5) is 5.69 Å². The summed E-state index contributed by atoms with van der Waals surface area (Å²) in [6.07, 6.45) is 4.83. The molecule has 0 fully saturated rings. The van der Waals surface area contributed by atoms with Gasteiger partial charge in [-0.1, -0.05) is 48.5 Å². The van der Waals surface area contributed by atoms with E-state index in [0.29, 0.717) is 5.69 Å². The molecule has 0 aliphatic carbocycles. The van der Waals surface area contributed by atoms with Gasteiger partial charge in [0.2, 0.25) is 0 Å². The normalized spacial score (nSPS) is 15.8. The molecule has 0 bridgehead atoms. The van der Waals surface area contributed by atoms with Crippen molar-refractivity contribution < 1.29 is 4.79 Å². The van der Waals surface area contributed by atoms with E-state index in [9.17, 15) is 4.79 Å². The summed E-state index contributed by atoms with van der Waals surface area (Å²) >= 11 is 0. The Morgan fingerprint density at radius 2 is 1.88 bits per heavy atom. The average Bonchev–Trinajstić information content (AvgIpc) is 2.69. The molecule has 122 valence electrons. The number of hydrogen-bond donors (Lipinski definition) is 2. The van der Waals surface area contributed by atoms with Crippen LogP contribution < -0.4 is 10.6 Å². The van der Waals surface area contributed by atoms with Crippen LogP contribution in [0.2, 0.25) is 0 Å². The van der Waals surface area contributed by atoms with Gasteiger partial charge in [-0.2, -0.15) is 0 Å². The molecule has 5 heteroatoms. The fourth-order valence-corrected chi connectivity index (χ4v) is 2.74. The Labute approximate surface area is 145 Å². The summed E-state index contributed by atoms with van der Waals surface area (Å²) in [5.74, 6) is -0.174. The fourth-order valence-electron chi connectivity index (χ4n) is 2.74. The third-order valence-electron chi connectivity index (χ3n) is 4.00. The van der Waals surface area contributed by atoms with Crippen molar-refractivity contribution in [3.05, 3.63) is 73.1 Å². The van der Waals surface area contributed by atoms with Crippen molar-refractivity contribution in [2.24, 2.45) is 4.99 Å². The summed E-state index contributed by atoms with van der Waals surface area (Å²) in [4.78, 5) is 21.2. The molecular weight excluding hydrogens is 312 g/mol. The number of para-hydroxylation sites is 1. The number of nitrogens with zero attached hydrogens (tertiary/aromatic N) is 2. The molecule has 2 N–H and O–H groups in total. The number of amides is 1. The zero-order chi connectivity index (χ0) is 17.1. The van der Waals surface area contributed by atoms with Gasteiger partial charge in [-0.25, -0.2) is 4.98 Å². The van der Waals surface area contributed by atoms with Gasteiger partial charge < -0.3 is 10.6 Å². The largest absolute Gasteiger partial charge is 0.374 e. The first-order valence-corrected chi connectivity index (χ1v) is 8.02. The van der Waals surface area contributed by atoms with E-state index in [-0.39, 0.29) is 5.91 Å². The number of fused-ring (bicyclic) bond motifs is 1. The van der Waals surface area contributed by atoms with Crippen molar-refractivity contribution in [2.75, 3.05) is 5.32 Å². The highest BCUT2D eigenvalue weighted by Crippen LogP contribution is 2.26. The molecule has 0 spiro atoms. The second kappa shape index (κ2) is 6.57. The first-order chi connectivity index (χ1) is 12.3. The van der Waals surface area contributed by atoms with Gasteiger partial charge in [0.1, 0.15) is 6.04 Å². The van der Waals surface area contributed by atoms with Gasteiger partial charge in [0.05, 0.1) is 16.9 Å². The monoisotopic (exact) mass is 328 g/mol. The summed E-state index contributed by atoms with van der Waals surface area (Å²) in [6.45, 7) is 0. The van der Waals surface area contributed by atoms with E-state index in [1.165, 1.54) is 0 Å². The van der Waals surface area contributed by atoms with Crippen molar-refractivity contribution >= 4 is 28.7 Å². The molecular formula is C20H16N4O. The second-order valence-corrected chi connectivity index (χ2v) is 5.69. The summed E-state index contributed by atoms with van der Waals surface area (Å²) < 4.78 is 0. The maximum Gasteiger partial charge on any atom is 0.252 e. The summed E-state index contributed by atoms with van der Waals surface area (Å²) in [7, 11) is 0. The topological polar surface area (TPSA) is 66.4 Å². The van der Waals surface area contributed by atoms with Crippen LogP contribution in [0.25, 0.3) is 22.2 Å². The molecule has 2 heterocycles. The highest BCUT2D eigenvalue weighted by molar-refractivity contribution is 6.09. The molecule has 25 heavy (non-hydrogen) atoms. The highest BCUT2D eigenvalue weighted by atomic mass is 16.2. The number of carbonyl (C=O) groups excluding carboxylic acids is 1. The molecule has 0 saturated heterocycles. The quantitative estimate of drug-likeness (QED) is 0.775. The minimum atomic E-state index is -0.488. The van der Waals surface area contributed by atoms with Crippen LogP contribution in [0.1, 0.15) is 0 Å². The molecule has 1 aliphatic heterocycles.